The van der Waals surface area contributed by atoms with Crippen molar-refractivity contribution in [2.45, 2.75) is 45.2 Å². The Hall–Kier alpha value is -1.65. The minimum Gasteiger partial charge on any atom is -0.271 e. The first kappa shape index (κ1) is 14.8. The summed E-state index contributed by atoms with van der Waals surface area (Å²) in [6.07, 6.45) is 4.89. The van der Waals surface area contributed by atoms with Crippen LogP contribution < -0.4 is 11.3 Å². The standard InChI is InChI=1S/C16H24N4/c1-3-13(2)20-10-9-15(19-20)12-16(18-17)11-14-7-5-4-6-8-14/h4-10,13,16,18H,3,11-12,17H2,1-2H3. The minimum absolute atomic E-state index is 0.206. The van der Waals surface area contributed by atoms with Crippen LogP contribution >= 0.6 is 0 Å². The summed E-state index contributed by atoms with van der Waals surface area (Å²) in [6.45, 7) is 4.35. The van der Waals surface area contributed by atoms with Crippen LogP contribution in [0, 0.1) is 0 Å². The molecule has 1 heterocycles. The molecule has 3 N–H and O–H groups in total. The van der Waals surface area contributed by atoms with E-state index in [2.05, 4.69) is 60.9 Å². The van der Waals surface area contributed by atoms with E-state index in [4.69, 9.17) is 5.84 Å². The lowest BCUT2D eigenvalue weighted by Crippen LogP contribution is -2.38. The maximum atomic E-state index is 5.68. The highest BCUT2D eigenvalue weighted by Crippen LogP contribution is 2.11. The van der Waals surface area contributed by atoms with Crippen LogP contribution in [0.25, 0.3) is 0 Å². The van der Waals surface area contributed by atoms with E-state index in [0.717, 1.165) is 25.0 Å². The SMILES string of the molecule is CCC(C)n1ccc(CC(Cc2ccccc2)NN)n1. The monoisotopic (exact) mass is 272 g/mol. The first-order valence-electron chi connectivity index (χ1n) is 7.27. The maximum absolute atomic E-state index is 5.68. The van der Waals surface area contributed by atoms with Gasteiger partial charge in [-0.1, -0.05) is 37.3 Å². The van der Waals surface area contributed by atoms with Crippen molar-refractivity contribution in [1.82, 2.24) is 15.2 Å². The first-order valence-corrected chi connectivity index (χ1v) is 7.27. The fraction of sp³-hybridized carbons (Fsp3) is 0.438. The number of rotatable bonds is 7. The molecule has 0 aliphatic rings. The van der Waals surface area contributed by atoms with Crippen LogP contribution in [0.1, 0.15) is 37.6 Å². The number of benzene rings is 1. The van der Waals surface area contributed by atoms with Gasteiger partial charge in [0, 0.05) is 24.7 Å². The molecule has 1 aromatic carbocycles. The molecule has 2 aromatic rings. The van der Waals surface area contributed by atoms with E-state index in [1.165, 1.54) is 5.56 Å². The van der Waals surface area contributed by atoms with E-state index in [1.54, 1.807) is 0 Å². The van der Waals surface area contributed by atoms with Gasteiger partial charge in [-0.3, -0.25) is 16.0 Å². The number of nitrogens with one attached hydrogen (secondary N) is 1. The maximum Gasteiger partial charge on any atom is 0.0640 e. The Balaban J connectivity index is 1.98. The van der Waals surface area contributed by atoms with Gasteiger partial charge in [-0.25, -0.2) is 0 Å². The third-order valence-electron chi connectivity index (χ3n) is 3.72. The largest absolute Gasteiger partial charge is 0.271 e. The molecular formula is C16H24N4. The number of nitrogens with two attached hydrogens (primary N) is 1. The highest BCUT2D eigenvalue weighted by molar-refractivity contribution is 5.16. The predicted octanol–water partition coefficient (Wildman–Crippen LogP) is 2.47. The molecule has 0 fully saturated rings. The summed E-state index contributed by atoms with van der Waals surface area (Å²) in [5, 5.41) is 4.63. The molecule has 1 aromatic heterocycles. The van der Waals surface area contributed by atoms with Crippen molar-refractivity contribution in [3.05, 3.63) is 53.9 Å². The van der Waals surface area contributed by atoms with Crippen molar-refractivity contribution in [1.29, 1.82) is 0 Å². The van der Waals surface area contributed by atoms with Gasteiger partial charge in [0.15, 0.2) is 0 Å². The number of nitrogens with zero attached hydrogens (tertiary/aromatic N) is 2. The fourth-order valence-electron chi connectivity index (χ4n) is 2.26. The number of hydrogen-bond acceptors (Lipinski definition) is 3. The van der Waals surface area contributed by atoms with Crippen LogP contribution in [0.3, 0.4) is 0 Å². The summed E-state index contributed by atoms with van der Waals surface area (Å²) in [6, 6.07) is 13.1. The van der Waals surface area contributed by atoms with Crippen LogP contribution in [0.15, 0.2) is 42.6 Å². The molecule has 0 spiro atoms. The smallest absolute Gasteiger partial charge is 0.0640 e. The lowest BCUT2D eigenvalue weighted by Gasteiger charge is -2.15. The average molecular weight is 272 g/mol. The van der Waals surface area contributed by atoms with Gasteiger partial charge in [0.2, 0.25) is 0 Å². The van der Waals surface area contributed by atoms with E-state index in [-0.39, 0.29) is 6.04 Å². The third kappa shape index (κ3) is 3.92. The Morgan fingerprint density at radius 1 is 1.20 bits per heavy atom. The second-order valence-electron chi connectivity index (χ2n) is 5.30. The second kappa shape index (κ2) is 7.22. The van der Waals surface area contributed by atoms with Gasteiger partial charge < -0.3 is 0 Å². The van der Waals surface area contributed by atoms with Gasteiger partial charge in [0.05, 0.1) is 5.69 Å². The highest BCUT2D eigenvalue weighted by Gasteiger charge is 2.12. The van der Waals surface area contributed by atoms with Crippen LogP contribution in [-0.4, -0.2) is 15.8 Å². The second-order valence-corrected chi connectivity index (χ2v) is 5.30. The van der Waals surface area contributed by atoms with Crippen LogP contribution in [-0.2, 0) is 12.8 Å². The molecule has 4 nitrogen and oxygen atoms in total. The van der Waals surface area contributed by atoms with Gasteiger partial charge in [0.1, 0.15) is 0 Å². The van der Waals surface area contributed by atoms with E-state index in [1.807, 2.05) is 10.7 Å². The first-order chi connectivity index (χ1) is 9.72. The molecule has 0 aliphatic heterocycles. The lowest BCUT2D eigenvalue weighted by molar-refractivity contribution is 0.464. The summed E-state index contributed by atoms with van der Waals surface area (Å²) in [5.74, 6) is 5.68. The van der Waals surface area contributed by atoms with Crippen molar-refractivity contribution in [3.63, 3.8) is 0 Å². The van der Waals surface area contributed by atoms with Gasteiger partial charge in [0.25, 0.3) is 0 Å². The Bertz CT molecular complexity index is 506. The average Bonchev–Trinajstić information content (AvgIpc) is 2.95. The normalized spacial score (nSPS) is 14.2. The van der Waals surface area contributed by atoms with Crippen molar-refractivity contribution in [2.75, 3.05) is 0 Å². The van der Waals surface area contributed by atoms with E-state index in [9.17, 15) is 0 Å². The van der Waals surface area contributed by atoms with Crippen LogP contribution in [0.2, 0.25) is 0 Å². The summed E-state index contributed by atoms with van der Waals surface area (Å²) in [7, 11) is 0. The van der Waals surface area contributed by atoms with E-state index < -0.39 is 0 Å². The van der Waals surface area contributed by atoms with Gasteiger partial charge in [-0.05, 0) is 31.4 Å². The Kier molecular flexibility index (Phi) is 5.32. The van der Waals surface area contributed by atoms with E-state index in [0.29, 0.717) is 6.04 Å². The predicted molar refractivity (Wildman–Crippen MR) is 82.2 cm³/mol. The quantitative estimate of drug-likeness (QED) is 0.601. The summed E-state index contributed by atoms with van der Waals surface area (Å²) >= 11 is 0. The van der Waals surface area contributed by atoms with Crippen molar-refractivity contribution in [3.8, 4) is 0 Å². The Labute approximate surface area is 121 Å². The Morgan fingerprint density at radius 2 is 1.95 bits per heavy atom. The topological polar surface area (TPSA) is 55.9 Å². The molecule has 2 rings (SSSR count). The molecular weight excluding hydrogens is 248 g/mol. The van der Waals surface area contributed by atoms with Gasteiger partial charge in [-0.2, -0.15) is 5.10 Å². The minimum atomic E-state index is 0.206. The number of aromatic nitrogens is 2. The third-order valence-corrected chi connectivity index (χ3v) is 3.72. The molecule has 0 saturated heterocycles. The lowest BCUT2D eigenvalue weighted by atomic mass is 10.0. The zero-order chi connectivity index (χ0) is 14.4. The summed E-state index contributed by atoms with van der Waals surface area (Å²) in [4.78, 5) is 0. The molecule has 4 heteroatoms. The van der Waals surface area contributed by atoms with Gasteiger partial charge >= 0.3 is 0 Å². The fourth-order valence-corrected chi connectivity index (χ4v) is 2.26. The number of hydrogen-bond donors (Lipinski definition) is 2. The molecule has 108 valence electrons. The molecule has 0 saturated carbocycles. The number of hydrazine groups is 1. The molecule has 2 unspecified atom stereocenters. The van der Waals surface area contributed by atoms with Crippen molar-refractivity contribution >= 4 is 0 Å². The van der Waals surface area contributed by atoms with Crippen molar-refractivity contribution < 1.29 is 0 Å². The Morgan fingerprint density at radius 3 is 2.60 bits per heavy atom. The van der Waals surface area contributed by atoms with Crippen LogP contribution in [0.4, 0.5) is 0 Å². The molecule has 0 bridgehead atoms. The zero-order valence-corrected chi connectivity index (χ0v) is 12.3. The highest BCUT2D eigenvalue weighted by atomic mass is 15.3. The summed E-state index contributed by atoms with van der Waals surface area (Å²) < 4.78 is 2.03. The molecule has 0 amide bonds. The molecule has 0 radical (unpaired) electrons. The van der Waals surface area contributed by atoms with Crippen molar-refractivity contribution in [2.24, 2.45) is 5.84 Å². The van der Waals surface area contributed by atoms with Gasteiger partial charge in [-0.15, -0.1) is 0 Å². The molecule has 20 heavy (non-hydrogen) atoms. The summed E-state index contributed by atoms with van der Waals surface area (Å²) in [5.41, 5.74) is 5.28. The van der Waals surface area contributed by atoms with Crippen LogP contribution in [0.5, 0.6) is 0 Å². The molecule has 2 atom stereocenters. The zero-order valence-electron chi connectivity index (χ0n) is 12.3. The molecule has 0 aliphatic carbocycles. The van der Waals surface area contributed by atoms with E-state index >= 15 is 0 Å².